The van der Waals surface area contributed by atoms with Crippen LogP contribution in [-0.2, 0) is 27.2 Å². The van der Waals surface area contributed by atoms with Crippen LogP contribution < -0.4 is 5.11 Å². The van der Waals surface area contributed by atoms with Crippen molar-refractivity contribution in [1.82, 2.24) is 0 Å². The molecule has 0 aromatic carbocycles. The average molecular weight is 275 g/mol. The Balaban J connectivity index is 0. The summed E-state index contributed by atoms with van der Waals surface area (Å²) in [4.78, 5) is 10.1. The summed E-state index contributed by atoms with van der Waals surface area (Å²) in [5, 5.41) is 10.1. The van der Waals surface area contributed by atoms with Crippen molar-refractivity contribution in [3.8, 4) is 0 Å². The summed E-state index contributed by atoms with van der Waals surface area (Å²) in [6.07, 6.45) is 4.93. The second-order valence-electron chi connectivity index (χ2n) is 3.13. The van der Waals surface area contributed by atoms with Crippen molar-refractivity contribution in [2.24, 2.45) is 0 Å². The Kier molecular flexibility index (Phi) is 9.68. The van der Waals surface area contributed by atoms with Crippen LogP contribution in [0.25, 0.3) is 0 Å². The van der Waals surface area contributed by atoms with Gasteiger partial charge in [0.2, 0.25) is 0 Å². The fourth-order valence-electron chi connectivity index (χ4n) is 0.862. The van der Waals surface area contributed by atoms with E-state index < -0.39 is 5.97 Å². The topological polar surface area (TPSA) is 40.1 Å². The van der Waals surface area contributed by atoms with Crippen molar-refractivity contribution in [1.29, 1.82) is 0 Å². The number of carbonyl (C=O) groups is 1. The van der Waals surface area contributed by atoms with Crippen LogP contribution in [0.4, 0.5) is 0 Å². The Hall–Kier alpha value is -0.310. The van der Waals surface area contributed by atoms with E-state index in [-0.39, 0.29) is 22.4 Å². The summed E-state index contributed by atoms with van der Waals surface area (Å²) in [7, 11) is 0. The first-order valence-corrected chi connectivity index (χ1v) is 4.04. The molecule has 0 radical (unpaired) electrons. The maximum Gasteiger partial charge on any atom is 1.00 e. The molecule has 78 valence electrons. The zero-order chi connectivity index (χ0) is 9.56. The number of carboxylic acid groups (broad SMARTS) is 1. The second kappa shape index (κ2) is 8.30. The Labute approximate surface area is 95.2 Å². The van der Waals surface area contributed by atoms with Gasteiger partial charge in [-0.2, -0.15) is 0 Å². The predicted molar refractivity (Wildman–Crippen MR) is 47.4 cm³/mol. The average Bonchev–Trinajstić information content (AvgIpc) is 1.84. The van der Waals surface area contributed by atoms with Crippen LogP contribution in [0, 0.1) is 0 Å². The van der Waals surface area contributed by atoms with Gasteiger partial charge in [-0.1, -0.05) is 17.2 Å². The molecule has 0 saturated carbocycles. The molecular formula is C10H15AgO2. The van der Waals surface area contributed by atoms with E-state index in [0.29, 0.717) is 0 Å². The van der Waals surface area contributed by atoms with Crippen molar-refractivity contribution < 1.29 is 32.3 Å². The van der Waals surface area contributed by atoms with Crippen molar-refractivity contribution in [2.75, 3.05) is 0 Å². The maximum atomic E-state index is 10.1. The van der Waals surface area contributed by atoms with E-state index in [1.807, 2.05) is 13.8 Å². The molecule has 0 aliphatic heterocycles. The van der Waals surface area contributed by atoms with Crippen LogP contribution in [-0.4, -0.2) is 5.97 Å². The van der Waals surface area contributed by atoms with Crippen molar-refractivity contribution in [2.45, 2.75) is 33.6 Å². The zero-order valence-electron chi connectivity index (χ0n) is 8.19. The molecule has 0 heterocycles. The van der Waals surface area contributed by atoms with Crippen LogP contribution in [0.1, 0.15) is 33.6 Å². The molecule has 0 spiro atoms. The summed E-state index contributed by atoms with van der Waals surface area (Å²) in [6.45, 7) is 5.85. The van der Waals surface area contributed by atoms with Gasteiger partial charge in [0.25, 0.3) is 0 Å². The van der Waals surface area contributed by atoms with Gasteiger partial charge in [-0.25, -0.2) is 0 Å². The maximum absolute atomic E-state index is 10.1. The Morgan fingerprint density at radius 1 is 1.31 bits per heavy atom. The van der Waals surface area contributed by atoms with Gasteiger partial charge in [0.1, 0.15) is 0 Å². The van der Waals surface area contributed by atoms with Gasteiger partial charge in [-0.15, -0.1) is 0 Å². The first-order valence-electron chi connectivity index (χ1n) is 4.04. The molecule has 0 fully saturated rings. The number of hydrogen-bond acceptors (Lipinski definition) is 2. The standard InChI is InChI=1S/C10H16O2.Ag/c1-8(2)5-4-6-9(3)7-10(11)12;/h5,7H,4,6H2,1-3H3,(H,11,12);/q;+1/p-1/b9-7-;. The smallest absolute Gasteiger partial charge is 0.545 e. The minimum absolute atomic E-state index is 0. The summed E-state index contributed by atoms with van der Waals surface area (Å²) in [6, 6.07) is 0. The van der Waals surface area contributed by atoms with E-state index in [4.69, 9.17) is 0 Å². The van der Waals surface area contributed by atoms with Crippen molar-refractivity contribution in [3.05, 3.63) is 23.3 Å². The second-order valence-corrected chi connectivity index (χ2v) is 3.13. The normalized spacial score (nSPS) is 10.2. The molecule has 3 heteroatoms. The summed E-state index contributed by atoms with van der Waals surface area (Å²) >= 11 is 0. The third-order valence-electron chi connectivity index (χ3n) is 1.46. The molecule has 13 heavy (non-hydrogen) atoms. The molecule has 0 aliphatic carbocycles. The van der Waals surface area contributed by atoms with E-state index in [0.717, 1.165) is 24.5 Å². The van der Waals surface area contributed by atoms with Crippen LogP contribution in [0.15, 0.2) is 23.3 Å². The van der Waals surface area contributed by atoms with Crippen LogP contribution >= 0.6 is 0 Å². The minimum atomic E-state index is -1.11. The van der Waals surface area contributed by atoms with E-state index >= 15 is 0 Å². The van der Waals surface area contributed by atoms with E-state index in [9.17, 15) is 9.90 Å². The molecule has 2 nitrogen and oxygen atoms in total. The van der Waals surface area contributed by atoms with Gasteiger partial charge < -0.3 is 9.90 Å². The Bertz CT molecular complexity index is 213. The summed E-state index contributed by atoms with van der Waals surface area (Å²) < 4.78 is 0. The third kappa shape index (κ3) is 11.7. The molecule has 0 saturated heterocycles. The van der Waals surface area contributed by atoms with E-state index in [1.54, 1.807) is 6.92 Å². The number of aliphatic carboxylic acids is 1. The third-order valence-corrected chi connectivity index (χ3v) is 1.46. The number of carboxylic acids is 1. The number of allylic oxidation sites excluding steroid dienone is 3. The number of rotatable bonds is 4. The summed E-state index contributed by atoms with van der Waals surface area (Å²) in [5.41, 5.74) is 2.11. The zero-order valence-corrected chi connectivity index (χ0v) is 9.67. The molecule has 0 rings (SSSR count). The molecular weight excluding hydrogens is 260 g/mol. The van der Waals surface area contributed by atoms with E-state index in [2.05, 4.69) is 6.08 Å². The number of hydrogen-bond donors (Lipinski definition) is 0. The SMILES string of the molecule is CC(C)=CCC/C(C)=C\C(=O)[O-].[Ag+]. The molecule has 0 N–H and O–H groups in total. The van der Waals surface area contributed by atoms with E-state index in [1.165, 1.54) is 5.57 Å². The fraction of sp³-hybridized carbons (Fsp3) is 0.500. The Morgan fingerprint density at radius 3 is 2.23 bits per heavy atom. The monoisotopic (exact) mass is 274 g/mol. The van der Waals surface area contributed by atoms with Gasteiger partial charge in [-0.3, -0.25) is 0 Å². The first kappa shape index (κ1) is 15.2. The van der Waals surface area contributed by atoms with Crippen molar-refractivity contribution in [3.63, 3.8) is 0 Å². The molecule has 0 aromatic heterocycles. The van der Waals surface area contributed by atoms with Crippen LogP contribution in [0.3, 0.4) is 0 Å². The Morgan fingerprint density at radius 2 is 1.85 bits per heavy atom. The van der Waals surface area contributed by atoms with Crippen LogP contribution in [0.2, 0.25) is 0 Å². The molecule has 0 atom stereocenters. The van der Waals surface area contributed by atoms with Gasteiger partial charge in [0.15, 0.2) is 0 Å². The molecule has 0 aliphatic rings. The quantitative estimate of drug-likeness (QED) is 0.442. The summed E-state index contributed by atoms with van der Waals surface area (Å²) in [5.74, 6) is -1.11. The number of carbonyl (C=O) groups excluding carboxylic acids is 1. The molecule has 0 unspecified atom stereocenters. The minimum Gasteiger partial charge on any atom is -0.545 e. The van der Waals surface area contributed by atoms with Crippen LogP contribution in [0.5, 0.6) is 0 Å². The van der Waals surface area contributed by atoms with Gasteiger partial charge in [-0.05, 0) is 39.7 Å². The molecule has 0 bridgehead atoms. The van der Waals surface area contributed by atoms with Crippen molar-refractivity contribution >= 4 is 5.97 Å². The van der Waals surface area contributed by atoms with Gasteiger partial charge in [0.05, 0.1) is 5.97 Å². The molecule has 0 aromatic rings. The molecule has 0 amide bonds. The largest absolute Gasteiger partial charge is 1.00 e. The van der Waals surface area contributed by atoms with Gasteiger partial charge >= 0.3 is 22.4 Å². The first-order chi connectivity index (χ1) is 5.52. The predicted octanol–water partition coefficient (Wildman–Crippen LogP) is 1.43. The van der Waals surface area contributed by atoms with Gasteiger partial charge in [0, 0.05) is 0 Å². The fourth-order valence-corrected chi connectivity index (χ4v) is 0.862.